The number of ether oxygens (including phenoxy) is 1. The van der Waals surface area contributed by atoms with Crippen LogP contribution >= 0.6 is 0 Å². The zero-order chi connectivity index (χ0) is 23.7. The summed E-state index contributed by atoms with van der Waals surface area (Å²) in [5, 5.41) is 11.4. The first-order valence-electron chi connectivity index (χ1n) is 10.7. The number of hydrogen-bond acceptors (Lipinski definition) is 7. The van der Waals surface area contributed by atoms with Crippen LogP contribution < -0.4 is 10.1 Å². The third kappa shape index (κ3) is 4.44. The van der Waals surface area contributed by atoms with Gasteiger partial charge < -0.3 is 14.6 Å². The highest BCUT2D eigenvalue weighted by Gasteiger charge is 2.32. The molecule has 0 aliphatic carbocycles. The summed E-state index contributed by atoms with van der Waals surface area (Å²) >= 11 is 0. The summed E-state index contributed by atoms with van der Waals surface area (Å²) in [6, 6.07) is 19.6. The molecule has 3 heterocycles. The Kier molecular flexibility index (Phi) is 5.66. The molecule has 1 aliphatic rings. The van der Waals surface area contributed by atoms with Gasteiger partial charge in [-0.15, -0.1) is 0 Å². The van der Waals surface area contributed by atoms with Crippen LogP contribution in [0.3, 0.4) is 0 Å². The van der Waals surface area contributed by atoms with Crippen LogP contribution in [0.4, 0.5) is 5.82 Å². The van der Waals surface area contributed by atoms with E-state index in [-0.39, 0.29) is 23.2 Å². The average molecular weight is 479 g/mol. The van der Waals surface area contributed by atoms with Gasteiger partial charge in [-0.1, -0.05) is 35.5 Å². The smallest absolute Gasteiger partial charge is 0.279 e. The van der Waals surface area contributed by atoms with E-state index in [1.807, 2.05) is 42.5 Å². The lowest BCUT2D eigenvalue weighted by molar-refractivity contribution is 0.101. The van der Waals surface area contributed by atoms with E-state index in [2.05, 4.69) is 15.6 Å². The predicted octanol–water partition coefficient (Wildman–Crippen LogP) is 3.83. The second kappa shape index (κ2) is 8.79. The Morgan fingerprint density at radius 1 is 1.09 bits per heavy atom. The van der Waals surface area contributed by atoms with E-state index in [4.69, 9.17) is 9.26 Å². The van der Waals surface area contributed by atoms with Gasteiger partial charge in [-0.2, -0.15) is 5.10 Å². The molecule has 2 aromatic carbocycles. The lowest BCUT2D eigenvalue weighted by atomic mass is 10.1. The Morgan fingerprint density at radius 3 is 2.53 bits per heavy atom. The van der Waals surface area contributed by atoms with Gasteiger partial charge in [-0.3, -0.25) is 4.79 Å². The minimum atomic E-state index is -3.14. The van der Waals surface area contributed by atoms with Gasteiger partial charge >= 0.3 is 0 Å². The quantitative estimate of drug-likeness (QED) is 0.448. The van der Waals surface area contributed by atoms with Gasteiger partial charge in [0.2, 0.25) is 0 Å². The Hall–Kier alpha value is -3.92. The first-order chi connectivity index (χ1) is 16.4. The van der Waals surface area contributed by atoms with E-state index in [0.717, 1.165) is 11.1 Å². The lowest BCUT2D eigenvalue weighted by Crippen LogP contribution is -2.19. The number of amides is 1. The van der Waals surface area contributed by atoms with Crippen LogP contribution in [-0.2, 0) is 9.84 Å². The predicted molar refractivity (Wildman–Crippen MR) is 126 cm³/mol. The van der Waals surface area contributed by atoms with Crippen LogP contribution in [0.2, 0.25) is 0 Å². The van der Waals surface area contributed by atoms with E-state index >= 15 is 0 Å². The van der Waals surface area contributed by atoms with Crippen LogP contribution in [-0.4, -0.2) is 47.9 Å². The molecular weight excluding hydrogens is 456 g/mol. The van der Waals surface area contributed by atoms with Gasteiger partial charge in [0.15, 0.2) is 21.3 Å². The zero-order valence-electron chi connectivity index (χ0n) is 18.3. The number of carbonyl (C=O) groups excluding carboxylic acids is 1. The van der Waals surface area contributed by atoms with Crippen molar-refractivity contribution in [3.63, 3.8) is 0 Å². The van der Waals surface area contributed by atoms with E-state index in [1.54, 1.807) is 36.1 Å². The van der Waals surface area contributed by atoms with Crippen molar-refractivity contribution in [2.45, 2.75) is 12.5 Å². The molecule has 0 radical (unpaired) electrons. The molecule has 0 saturated carbocycles. The summed E-state index contributed by atoms with van der Waals surface area (Å²) < 4.78 is 36.2. The van der Waals surface area contributed by atoms with Crippen LogP contribution in [0.1, 0.15) is 23.0 Å². The van der Waals surface area contributed by atoms with Crippen molar-refractivity contribution in [1.29, 1.82) is 0 Å². The minimum absolute atomic E-state index is 0.0165. The maximum atomic E-state index is 13.0. The Labute approximate surface area is 196 Å². The zero-order valence-corrected chi connectivity index (χ0v) is 19.2. The van der Waals surface area contributed by atoms with E-state index < -0.39 is 15.7 Å². The number of methoxy groups -OCH3 is 1. The summed E-state index contributed by atoms with van der Waals surface area (Å²) in [5.74, 6) is 1.15. The molecule has 9 nitrogen and oxygen atoms in total. The van der Waals surface area contributed by atoms with Crippen molar-refractivity contribution in [2.24, 2.45) is 0 Å². The number of sulfone groups is 1. The standard InChI is InChI=1S/C24H22N4O5S/c1-32-19-9-7-17(8-10-19)22-13-21(27-33-22)24(29)25-23-14-20(16-5-3-2-4-6-16)26-28(23)18-11-12-34(30,31)15-18/h2-10,13-14,18H,11-12,15H2,1H3,(H,25,29). The summed E-state index contributed by atoms with van der Waals surface area (Å²) in [4.78, 5) is 13.0. The van der Waals surface area contributed by atoms with Crippen molar-refractivity contribution in [1.82, 2.24) is 14.9 Å². The lowest BCUT2D eigenvalue weighted by Gasteiger charge is -2.13. The number of hydrogen-bond donors (Lipinski definition) is 1. The fraction of sp³-hybridized carbons (Fsp3) is 0.208. The van der Waals surface area contributed by atoms with Crippen LogP contribution in [0.25, 0.3) is 22.6 Å². The first kappa shape index (κ1) is 21.9. The van der Waals surface area contributed by atoms with E-state index in [0.29, 0.717) is 29.4 Å². The molecule has 1 N–H and O–H groups in total. The molecule has 2 aromatic heterocycles. The molecule has 1 aliphatic heterocycles. The number of rotatable bonds is 6. The summed E-state index contributed by atoms with van der Waals surface area (Å²) in [6.45, 7) is 0. The highest BCUT2D eigenvalue weighted by Crippen LogP contribution is 2.31. The normalized spacial score (nSPS) is 16.9. The summed E-state index contributed by atoms with van der Waals surface area (Å²) in [6.07, 6.45) is 0.437. The van der Waals surface area contributed by atoms with Gasteiger partial charge in [0.05, 0.1) is 30.4 Å². The average Bonchev–Trinajstić information content (AvgIpc) is 3.58. The van der Waals surface area contributed by atoms with Crippen molar-refractivity contribution in [3.8, 4) is 28.3 Å². The highest BCUT2D eigenvalue weighted by molar-refractivity contribution is 7.91. The van der Waals surface area contributed by atoms with Gasteiger partial charge in [0.25, 0.3) is 5.91 Å². The van der Waals surface area contributed by atoms with Gasteiger partial charge in [0.1, 0.15) is 11.6 Å². The fourth-order valence-electron chi connectivity index (χ4n) is 3.94. The molecule has 174 valence electrons. The van der Waals surface area contributed by atoms with Crippen molar-refractivity contribution >= 4 is 21.6 Å². The van der Waals surface area contributed by atoms with Gasteiger partial charge in [0, 0.05) is 23.3 Å². The van der Waals surface area contributed by atoms with Crippen LogP contribution in [0.5, 0.6) is 5.75 Å². The number of anilines is 1. The van der Waals surface area contributed by atoms with E-state index in [9.17, 15) is 13.2 Å². The number of nitrogens with zero attached hydrogens (tertiary/aromatic N) is 3. The number of nitrogens with one attached hydrogen (secondary N) is 1. The monoisotopic (exact) mass is 478 g/mol. The van der Waals surface area contributed by atoms with Crippen LogP contribution in [0, 0.1) is 0 Å². The SMILES string of the molecule is COc1ccc(-c2cc(C(=O)Nc3cc(-c4ccccc4)nn3C3CCS(=O)(=O)C3)no2)cc1. The minimum Gasteiger partial charge on any atom is -0.497 e. The number of aromatic nitrogens is 3. The van der Waals surface area contributed by atoms with Crippen LogP contribution in [0.15, 0.2) is 71.3 Å². The van der Waals surface area contributed by atoms with Crippen molar-refractivity contribution in [3.05, 3.63) is 72.4 Å². The molecule has 5 rings (SSSR count). The molecule has 34 heavy (non-hydrogen) atoms. The van der Waals surface area contributed by atoms with Gasteiger partial charge in [-0.05, 0) is 30.7 Å². The highest BCUT2D eigenvalue weighted by atomic mass is 32.2. The Morgan fingerprint density at radius 2 is 1.85 bits per heavy atom. The maximum Gasteiger partial charge on any atom is 0.279 e. The number of carbonyl (C=O) groups is 1. The molecule has 1 unspecified atom stereocenters. The molecule has 1 saturated heterocycles. The third-order valence-electron chi connectivity index (χ3n) is 5.72. The maximum absolute atomic E-state index is 13.0. The fourth-order valence-corrected chi connectivity index (χ4v) is 5.63. The summed E-state index contributed by atoms with van der Waals surface area (Å²) in [7, 11) is -1.55. The Bertz CT molecular complexity index is 1430. The largest absolute Gasteiger partial charge is 0.497 e. The molecule has 1 fully saturated rings. The number of benzene rings is 2. The molecule has 1 atom stereocenters. The summed E-state index contributed by atoms with van der Waals surface area (Å²) in [5.41, 5.74) is 2.35. The first-order valence-corrected chi connectivity index (χ1v) is 12.5. The molecule has 10 heteroatoms. The topological polar surface area (TPSA) is 116 Å². The Balaban J connectivity index is 1.42. The molecular formula is C24H22N4O5S. The van der Waals surface area contributed by atoms with Crippen molar-refractivity contribution in [2.75, 3.05) is 23.9 Å². The molecule has 0 spiro atoms. The second-order valence-corrected chi connectivity index (χ2v) is 10.3. The molecule has 4 aromatic rings. The van der Waals surface area contributed by atoms with Crippen molar-refractivity contribution < 1.29 is 22.5 Å². The van der Waals surface area contributed by atoms with Gasteiger partial charge in [-0.25, -0.2) is 13.1 Å². The molecule has 1 amide bonds. The third-order valence-corrected chi connectivity index (χ3v) is 7.47. The second-order valence-electron chi connectivity index (χ2n) is 8.04. The molecule has 0 bridgehead atoms. The van der Waals surface area contributed by atoms with E-state index in [1.165, 1.54) is 0 Å².